The van der Waals surface area contributed by atoms with Crippen molar-refractivity contribution in [3.8, 4) is 0 Å². The Hall–Kier alpha value is -1.95. The van der Waals surface area contributed by atoms with Crippen molar-refractivity contribution in [3.63, 3.8) is 0 Å². The zero-order valence-electron chi connectivity index (χ0n) is 12.0. The minimum Gasteiger partial charge on any atom is -0.314 e. The van der Waals surface area contributed by atoms with E-state index in [1.165, 1.54) is 6.07 Å². The number of nitrogens with zero attached hydrogens (tertiary/aromatic N) is 2. The molecular weight excluding hydrogens is 270 g/mol. The maximum absolute atomic E-state index is 12.7. The van der Waals surface area contributed by atoms with Crippen molar-refractivity contribution in [2.45, 2.75) is 32.2 Å². The SMILES string of the molecule is C[C@H]1C[C@@H](C(=O)N2CCc3c2cccc3[N+](=O)[O-])CCN1. The number of nitro benzene ring substituents is 1. The van der Waals surface area contributed by atoms with Gasteiger partial charge in [0.05, 0.1) is 16.2 Å². The van der Waals surface area contributed by atoms with Crippen molar-refractivity contribution < 1.29 is 9.72 Å². The van der Waals surface area contributed by atoms with Gasteiger partial charge in [-0.1, -0.05) is 6.07 Å². The molecule has 0 bridgehead atoms. The van der Waals surface area contributed by atoms with Crippen LogP contribution in [-0.2, 0) is 11.2 Å². The lowest BCUT2D eigenvalue weighted by atomic mass is 9.92. The Kier molecular flexibility index (Phi) is 3.63. The molecule has 2 heterocycles. The lowest BCUT2D eigenvalue weighted by Crippen LogP contribution is -2.43. The number of hydrogen-bond donors (Lipinski definition) is 1. The van der Waals surface area contributed by atoms with E-state index in [4.69, 9.17) is 0 Å². The fraction of sp³-hybridized carbons (Fsp3) is 0.533. The van der Waals surface area contributed by atoms with Gasteiger partial charge in [0.2, 0.25) is 5.91 Å². The van der Waals surface area contributed by atoms with E-state index < -0.39 is 0 Å². The summed E-state index contributed by atoms with van der Waals surface area (Å²) in [4.78, 5) is 25.2. The van der Waals surface area contributed by atoms with Gasteiger partial charge in [-0.25, -0.2) is 0 Å². The lowest BCUT2D eigenvalue weighted by Gasteiger charge is -2.30. The van der Waals surface area contributed by atoms with E-state index in [9.17, 15) is 14.9 Å². The fourth-order valence-electron chi connectivity index (χ4n) is 3.39. The first-order valence-corrected chi connectivity index (χ1v) is 7.39. The highest BCUT2D eigenvalue weighted by Crippen LogP contribution is 2.36. The molecule has 2 aliphatic heterocycles. The van der Waals surface area contributed by atoms with Crippen LogP contribution in [0.3, 0.4) is 0 Å². The maximum atomic E-state index is 12.7. The number of piperidine rings is 1. The van der Waals surface area contributed by atoms with Gasteiger partial charge in [-0.05, 0) is 38.8 Å². The number of rotatable bonds is 2. The van der Waals surface area contributed by atoms with Gasteiger partial charge in [-0.3, -0.25) is 14.9 Å². The molecule has 6 nitrogen and oxygen atoms in total. The van der Waals surface area contributed by atoms with Crippen molar-refractivity contribution >= 4 is 17.3 Å². The predicted molar refractivity (Wildman–Crippen MR) is 79.3 cm³/mol. The smallest absolute Gasteiger partial charge is 0.274 e. The van der Waals surface area contributed by atoms with E-state index in [0.717, 1.165) is 25.1 Å². The van der Waals surface area contributed by atoms with E-state index in [0.29, 0.717) is 24.6 Å². The Morgan fingerprint density at radius 2 is 2.29 bits per heavy atom. The molecule has 2 aliphatic rings. The zero-order valence-corrected chi connectivity index (χ0v) is 12.0. The highest BCUT2D eigenvalue weighted by Gasteiger charge is 2.35. The summed E-state index contributed by atoms with van der Waals surface area (Å²) < 4.78 is 0. The second kappa shape index (κ2) is 5.44. The minimum absolute atomic E-state index is 0.0199. The molecule has 0 unspecified atom stereocenters. The largest absolute Gasteiger partial charge is 0.314 e. The number of anilines is 1. The number of fused-ring (bicyclic) bond motifs is 1. The molecule has 3 rings (SSSR count). The van der Waals surface area contributed by atoms with Crippen LogP contribution < -0.4 is 10.2 Å². The molecule has 1 amide bonds. The molecule has 1 N–H and O–H groups in total. The first-order chi connectivity index (χ1) is 10.1. The first kappa shape index (κ1) is 14.0. The quantitative estimate of drug-likeness (QED) is 0.666. The third-order valence-corrected chi connectivity index (χ3v) is 4.44. The van der Waals surface area contributed by atoms with Gasteiger partial charge >= 0.3 is 0 Å². The molecule has 21 heavy (non-hydrogen) atoms. The standard InChI is InChI=1S/C15H19N3O3/c1-10-9-11(5-7-16-10)15(19)17-8-6-12-13(17)3-2-4-14(12)18(20)21/h2-4,10-11,16H,5-9H2,1H3/t10-,11-/m0/s1. The molecule has 1 aromatic carbocycles. The number of nitrogens with one attached hydrogen (secondary N) is 1. The Morgan fingerprint density at radius 1 is 1.48 bits per heavy atom. The summed E-state index contributed by atoms with van der Waals surface area (Å²) >= 11 is 0. The van der Waals surface area contributed by atoms with E-state index >= 15 is 0 Å². The lowest BCUT2D eigenvalue weighted by molar-refractivity contribution is -0.385. The average molecular weight is 289 g/mol. The summed E-state index contributed by atoms with van der Waals surface area (Å²) in [5.74, 6) is 0.133. The van der Waals surface area contributed by atoms with Gasteiger partial charge in [0.1, 0.15) is 0 Å². The van der Waals surface area contributed by atoms with Crippen LogP contribution in [0.1, 0.15) is 25.3 Å². The summed E-state index contributed by atoms with van der Waals surface area (Å²) in [5.41, 5.74) is 1.54. The van der Waals surface area contributed by atoms with Crippen LogP contribution in [0.25, 0.3) is 0 Å². The van der Waals surface area contributed by atoms with E-state index in [2.05, 4.69) is 12.2 Å². The fourth-order valence-corrected chi connectivity index (χ4v) is 3.39. The normalized spacial score (nSPS) is 24.7. The Morgan fingerprint density at radius 3 is 3.00 bits per heavy atom. The van der Waals surface area contributed by atoms with Crippen LogP contribution in [-0.4, -0.2) is 30.0 Å². The molecule has 0 saturated carbocycles. The molecule has 0 aromatic heterocycles. The van der Waals surface area contributed by atoms with Crippen molar-refractivity contribution in [1.82, 2.24) is 5.32 Å². The average Bonchev–Trinajstić information content (AvgIpc) is 2.90. The minimum atomic E-state index is -0.362. The third kappa shape index (κ3) is 2.51. The van der Waals surface area contributed by atoms with Gasteiger partial charge in [0.15, 0.2) is 0 Å². The van der Waals surface area contributed by atoms with Crippen LogP contribution in [0.4, 0.5) is 11.4 Å². The van der Waals surface area contributed by atoms with Crippen molar-refractivity contribution in [2.75, 3.05) is 18.0 Å². The van der Waals surface area contributed by atoms with Gasteiger partial charge in [0.25, 0.3) is 5.69 Å². The third-order valence-electron chi connectivity index (χ3n) is 4.44. The van der Waals surface area contributed by atoms with Crippen molar-refractivity contribution in [3.05, 3.63) is 33.9 Å². The molecule has 112 valence electrons. The Labute approximate surface area is 123 Å². The zero-order chi connectivity index (χ0) is 15.0. The Balaban J connectivity index is 1.85. The van der Waals surface area contributed by atoms with E-state index in [1.54, 1.807) is 11.0 Å². The van der Waals surface area contributed by atoms with E-state index in [1.807, 2.05) is 6.07 Å². The number of carbonyl (C=O) groups is 1. The van der Waals surface area contributed by atoms with Crippen LogP contribution >= 0.6 is 0 Å². The second-order valence-electron chi connectivity index (χ2n) is 5.85. The Bertz CT molecular complexity index is 588. The topological polar surface area (TPSA) is 75.5 Å². The molecule has 6 heteroatoms. The molecule has 0 radical (unpaired) electrons. The molecule has 0 aliphatic carbocycles. The molecule has 2 atom stereocenters. The highest BCUT2D eigenvalue weighted by atomic mass is 16.6. The van der Waals surface area contributed by atoms with Gasteiger partial charge in [-0.2, -0.15) is 0 Å². The number of carbonyl (C=O) groups excluding carboxylic acids is 1. The summed E-state index contributed by atoms with van der Waals surface area (Å²) in [6.45, 7) is 3.49. The van der Waals surface area contributed by atoms with Gasteiger partial charge in [0, 0.05) is 24.6 Å². The predicted octanol–water partition coefficient (Wildman–Crippen LogP) is 1.87. The summed E-state index contributed by atoms with van der Waals surface area (Å²) in [6, 6.07) is 5.34. The van der Waals surface area contributed by atoms with Gasteiger partial charge in [-0.15, -0.1) is 0 Å². The first-order valence-electron chi connectivity index (χ1n) is 7.39. The number of hydrogen-bond acceptors (Lipinski definition) is 4. The van der Waals surface area contributed by atoms with Crippen LogP contribution in [0.15, 0.2) is 18.2 Å². The highest BCUT2D eigenvalue weighted by molar-refractivity contribution is 5.97. The number of nitro groups is 1. The van der Waals surface area contributed by atoms with Crippen molar-refractivity contribution in [2.24, 2.45) is 5.92 Å². The van der Waals surface area contributed by atoms with E-state index in [-0.39, 0.29) is 22.4 Å². The summed E-state index contributed by atoms with van der Waals surface area (Å²) in [7, 11) is 0. The molecule has 1 aromatic rings. The monoisotopic (exact) mass is 289 g/mol. The number of amides is 1. The molecule has 1 saturated heterocycles. The van der Waals surface area contributed by atoms with Crippen LogP contribution in [0.2, 0.25) is 0 Å². The van der Waals surface area contributed by atoms with Crippen LogP contribution in [0.5, 0.6) is 0 Å². The molecule has 1 fully saturated rings. The van der Waals surface area contributed by atoms with Crippen LogP contribution in [0, 0.1) is 16.0 Å². The number of benzene rings is 1. The molecule has 0 spiro atoms. The van der Waals surface area contributed by atoms with Gasteiger partial charge < -0.3 is 10.2 Å². The molecular formula is C15H19N3O3. The summed E-state index contributed by atoms with van der Waals surface area (Å²) in [5, 5.41) is 14.4. The van der Waals surface area contributed by atoms with Crippen molar-refractivity contribution in [1.29, 1.82) is 0 Å². The second-order valence-corrected chi connectivity index (χ2v) is 5.85. The maximum Gasteiger partial charge on any atom is 0.274 e. The summed E-state index contributed by atoms with van der Waals surface area (Å²) in [6.07, 6.45) is 2.24.